The number of amides is 2. The standard InChI is InChI=1S/C21H32N2O3/c1-6-19(24)22-10-7-11-23(13-12-22)20(25)15-26-18-9-8-16(2)14-17(18)21(3,4)5/h8-9,14H,6-7,10-13,15H2,1-5H3. The van der Waals surface area contributed by atoms with Gasteiger partial charge in [0, 0.05) is 32.6 Å². The number of ether oxygens (including phenoxy) is 1. The summed E-state index contributed by atoms with van der Waals surface area (Å²) in [6.45, 7) is 13.0. The molecule has 1 aromatic carbocycles. The van der Waals surface area contributed by atoms with Crippen molar-refractivity contribution < 1.29 is 14.3 Å². The van der Waals surface area contributed by atoms with E-state index in [1.165, 1.54) is 5.56 Å². The lowest BCUT2D eigenvalue weighted by molar-refractivity contribution is -0.134. The van der Waals surface area contributed by atoms with Gasteiger partial charge in [0.15, 0.2) is 6.61 Å². The fourth-order valence-corrected chi connectivity index (χ4v) is 3.23. The molecule has 0 N–H and O–H groups in total. The molecule has 1 saturated heterocycles. The van der Waals surface area contributed by atoms with E-state index >= 15 is 0 Å². The van der Waals surface area contributed by atoms with Crippen LogP contribution in [0.15, 0.2) is 18.2 Å². The van der Waals surface area contributed by atoms with Crippen LogP contribution in [-0.2, 0) is 15.0 Å². The zero-order chi connectivity index (χ0) is 19.3. The van der Waals surface area contributed by atoms with Gasteiger partial charge in [0.2, 0.25) is 5.91 Å². The van der Waals surface area contributed by atoms with Crippen LogP contribution in [0.4, 0.5) is 0 Å². The maximum Gasteiger partial charge on any atom is 0.260 e. The van der Waals surface area contributed by atoms with Crippen molar-refractivity contribution in [2.24, 2.45) is 0 Å². The van der Waals surface area contributed by atoms with Crippen molar-refractivity contribution in [3.63, 3.8) is 0 Å². The summed E-state index contributed by atoms with van der Waals surface area (Å²) >= 11 is 0. The molecule has 0 spiro atoms. The maximum atomic E-state index is 12.6. The number of hydrogen-bond donors (Lipinski definition) is 0. The fraction of sp³-hybridized carbons (Fsp3) is 0.619. The molecule has 144 valence electrons. The van der Waals surface area contributed by atoms with E-state index in [0.717, 1.165) is 24.3 Å². The monoisotopic (exact) mass is 360 g/mol. The molecule has 1 aliphatic rings. The van der Waals surface area contributed by atoms with Crippen LogP contribution < -0.4 is 4.74 Å². The predicted octanol–water partition coefficient (Wildman–Crippen LogP) is 3.14. The van der Waals surface area contributed by atoms with Crippen molar-refractivity contribution in [2.75, 3.05) is 32.8 Å². The summed E-state index contributed by atoms with van der Waals surface area (Å²) in [7, 11) is 0. The molecule has 0 aromatic heterocycles. The van der Waals surface area contributed by atoms with Gasteiger partial charge in [-0.1, -0.05) is 45.4 Å². The minimum Gasteiger partial charge on any atom is -0.483 e. The lowest BCUT2D eigenvalue weighted by atomic mass is 9.85. The van der Waals surface area contributed by atoms with E-state index in [1.807, 2.05) is 28.9 Å². The van der Waals surface area contributed by atoms with Crippen LogP contribution in [0.2, 0.25) is 0 Å². The first-order chi connectivity index (χ1) is 12.2. The SMILES string of the molecule is CCC(=O)N1CCCN(C(=O)COc2ccc(C)cc2C(C)(C)C)CC1. The molecule has 1 fully saturated rings. The molecule has 1 aromatic rings. The zero-order valence-electron chi connectivity index (χ0n) is 16.8. The second kappa shape index (κ2) is 8.56. The van der Waals surface area contributed by atoms with E-state index < -0.39 is 0 Å². The number of hydrogen-bond acceptors (Lipinski definition) is 3. The number of nitrogens with zero attached hydrogens (tertiary/aromatic N) is 2. The highest BCUT2D eigenvalue weighted by Gasteiger charge is 2.23. The third-order valence-corrected chi connectivity index (χ3v) is 4.80. The third-order valence-electron chi connectivity index (χ3n) is 4.80. The first-order valence-corrected chi connectivity index (χ1v) is 9.52. The molecule has 0 saturated carbocycles. The van der Waals surface area contributed by atoms with E-state index in [1.54, 1.807) is 0 Å². The van der Waals surface area contributed by atoms with Gasteiger partial charge in [0.05, 0.1) is 0 Å². The quantitative estimate of drug-likeness (QED) is 0.829. The number of carbonyl (C=O) groups excluding carboxylic acids is 2. The number of rotatable bonds is 4. The Bertz CT molecular complexity index is 649. The average molecular weight is 360 g/mol. The van der Waals surface area contributed by atoms with Crippen molar-refractivity contribution in [2.45, 2.75) is 52.9 Å². The van der Waals surface area contributed by atoms with E-state index in [0.29, 0.717) is 26.1 Å². The van der Waals surface area contributed by atoms with Crippen LogP contribution in [0, 0.1) is 6.92 Å². The summed E-state index contributed by atoms with van der Waals surface area (Å²) in [5.74, 6) is 0.912. The van der Waals surface area contributed by atoms with Crippen molar-refractivity contribution in [1.29, 1.82) is 0 Å². The number of benzene rings is 1. The predicted molar refractivity (Wildman–Crippen MR) is 103 cm³/mol. The number of aryl methyl sites for hydroxylation is 1. The van der Waals surface area contributed by atoms with Gasteiger partial charge in [0.25, 0.3) is 5.91 Å². The van der Waals surface area contributed by atoms with Crippen LogP contribution in [0.1, 0.15) is 51.7 Å². The average Bonchev–Trinajstić information content (AvgIpc) is 2.85. The fourth-order valence-electron chi connectivity index (χ4n) is 3.23. The normalized spacial score (nSPS) is 15.6. The van der Waals surface area contributed by atoms with Crippen molar-refractivity contribution in [3.05, 3.63) is 29.3 Å². The molecule has 1 aliphatic heterocycles. The molecule has 2 amide bonds. The van der Waals surface area contributed by atoms with Gasteiger partial charge in [0.1, 0.15) is 5.75 Å². The van der Waals surface area contributed by atoms with Gasteiger partial charge in [-0.2, -0.15) is 0 Å². The minimum atomic E-state index is -0.0476. The van der Waals surface area contributed by atoms with Gasteiger partial charge in [-0.15, -0.1) is 0 Å². The lowest BCUT2D eigenvalue weighted by Crippen LogP contribution is -2.39. The molecule has 0 aliphatic carbocycles. The Morgan fingerprint density at radius 3 is 2.23 bits per heavy atom. The van der Waals surface area contributed by atoms with Crippen LogP contribution >= 0.6 is 0 Å². The molecule has 5 nitrogen and oxygen atoms in total. The molecular formula is C21H32N2O3. The van der Waals surface area contributed by atoms with Gasteiger partial charge in [-0.05, 0) is 30.4 Å². The minimum absolute atomic E-state index is 0.0174. The highest BCUT2D eigenvalue weighted by molar-refractivity contribution is 5.78. The molecule has 0 atom stereocenters. The van der Waals surface area contributed by atoms with Crippen LogP contribution in [-0.4, -0.2) is 54.4 Å². The Kier molecular flexibility index (Phi) is 6.68. The van der Waals surface area contributed by atoms with E-state index in [4.69, 9.17) is 4.74 Å². The second-order valence-corrected chi connectivity index (χ2v) is 8.01. The van der Waals surface area contributed by atoms with Crippen LogP contribution in [0.5, 0.6) is 5.75 Å². The second-order valence-electron chi connectivity index (χ2n) is 8.01. The van der Waals surface area contributed by atoms with Crippen molar-refractivity contribution in [1.82, 2.24) is 9.80 Å². The topological polar surface area (TPSA) is 49.9 Å². The van der Waals surface area contributed by atoms with Crippen LogP contribution in [0.25, 0.3) is 0 Å². The smallest absolute Gasteiger partial charge is 0.260 e. The Morgan fingerprint density at radius 2 is 1.65 bits per heavy atom. The van der Waals surface area contributed by atoms with Crippen molar-refractivity contribution in [3.8, 4) is 5.75 Å². The summed E-state index contributed by atoms with van der Waals surface area (Å²) in [6, 6.07) is 6.09. The Hall–Kier alpha value is -2.04. The third kappa shape index (κ3) is 5.23. The molecule has 0 radical (unpaired) electrons. The summed E-state index contributed by atoms with van der Waals surface area (Å²) in [5.41, 5.74) is 2.25. The molecule has 0 unspecified atom stereocenters. The highest BCUT2D eigenvalue weighted by Crippen LogP contribution is 2.32. The summed E-state index contributed by atoms with van der Waals surface area (Å²) < 4.78 is 5.90. The largest absolute Gasteiger partial charge is 0.483 e. The number of carbonyl (C=O) groups is 2. The maximum absolute atomic E-state index is 12.6. The van der Waals surface area contributed by atoms with E-state index in [-0.39, 0.29) is 23.8 Å². The Morgan fingerprint density at radius 1 is 1.04 bits per heavy atom. The molecule has 5 heteroatoms. The molecular weight excluding hydrogens is 328 g/mol. The van der Waals surface area contributed by atoms with Crippen molar-refractivity contribution >= 4 is 11.8 Å². The summed E-state index contributed by atoms with van der Waals surface area (Å²) in [6.07, 6.45) is 1.33. The summed E-state index contributed by atoms with van der Waals surface area (Å²) in [4.78, 5) is 28.1. The van der Waals surface area contributed by atoms with Gasteiger partial charge < -0.3 is 14.5 Å². The summed E-state index contributed by atoms with van der Waals surface area (Å²) in [5, 5.41) is 0. The van der Waals surface area contributed by atoms with Crippen LogP contribution in [0.3, 0.4) is 0 Å². The lowest BCUT2D eigenvalue weighted by Gasteiger charge is -2.25. The molecule has 1 heterocycles. The van der Waals surface area contributed by atoms with Gasteiger partial charge in [-0.3, -0.25) is 9.59 Å². The van der Waals surface area contributed by atoms with E-state index in [2.05, 4.69) is 33.8 Å². The Balaban J connectivity index is 1.98. The molecule has 0 bridgehead atoms. The van der Waals surface area contributed by atoms with E-state index in [9.17, 15) is 9.59 Å². The molecule has 26 heavy (non-hydrogen) atoms. The highest BCUT2D eigenvalue weighted by atomic mass is 16.5. The van der Waals surface area contributed by atoms with Gasteiger partial charge in [-0.25, -0.2) is 0 Å². The van der Waals surface area contributed by atoms with Gasteiger partial charge >= 0.3 is 0 Å². The molecule has 2 rings (SSSR count). The first kappa shape index (κ1) is 20.3. The Labute approximate surface area is 157 Å². The zero-order valence-corrected chi connectivity index (χ0v) is 16.8. The first-order valence-electron chi connectivity index (χ1n) is 9.52.